The molecule has 0 heterocycles. The molecule has 0 aliphatic heterocycles. The van der Waals surface area contributed by atoms with Crippen molar-refractivity contribution in [1.82, 2.24) is 10.0 Å². The number of rotatable bonds is 8. The lowest BCUT2D eigenvalue weighted by molar-refractivity contribution is -0.120. The summed E-state index contributed by atoms with van der Waals surface area (Å²) in [5.41, 5.74) is 0. The molecule has 124 valence electrons. The molecule has 0 saturated carbocycles. The Kier molecular flexibility index (Phi) is 6.89. The van der Waals surface area contributed by atoms with E-state index in [1.807, 2.05) is 13.8 Å². The van der Waals surface area contributed by atoms with Crippen LogP contribution in [-0.4, -0.2) is 27.4 Å². The first-order valence-electron chi connectivity index (χ1n) is 6.94. The summed E-state index contributed by atoms with van der Waals surface area (Å²) in [5, 5.41) is 2.67. The molecule has 0 spiro atoms. The minimum atomic E-state index is -3.97. The molecule has 0 bridgehead atoms. The minimum Gasteiger partial charge on any atom is -0.356 e. The molecule has 0 saturated heterocycles. The molecule has 0 unspecified atom stereocenters. The first kappa shape index (κ1) is 18.5. The Morgan fingerprint density at radius 3 is 2.45 bits per heavy atom. The smallest absolute Gasteiger partial charge is 0.240 e. The summed E-state index contributed by atoms with van der Waals surface area (Å²) in [5.74, 6) is -2.17. The average molecular weight is 334 g/mol. The Hall–Kier alpha value is -1.54. The van der Waals surface area contributed by atoms with Gasteiger partial charge in [-0.2, -0.15) is 0 Å². The van der Waals surface area contributed by atoms with Gasteiger partial charge in [-0.3, -0.25) is 4.79 Å². The number of benzene rings is 1. The molecule has 5 nitrogen and oxygen atoms in total. The van der Waals surface area contributed by atoms with Gasteiger partial charge in [0.2, 0.25) is 15.9 Å². The fraction of sp³-hybridized carbons (Fsp3) is 0.500. The van der Waals surface area contributed by atoms with E-state index in [-0.39, 0.29) is 23.8 Å². The van der Waals surface area contributed by atoms with Crippen LogP contribution in [0.1, 0.15) is 26.7 Å². The van der Waals surface area contributed by atoms with Crippen molar-refractivity contribution in [1.29, 1.82) is 0 Å². The Morgan fingerprint density at radius 2 is 1.86 bits per heavy atom. The fourth-order valence-corrected chi connectivity index (χ4v) is 2.66. The topological polar surface area (TPSA) is 75.3 Å². The molecule has 1 aromatic carbocycles. The highest BCUT2D eigenvalue weighted by Gasteiger charge is 2.16. The van der Waals surface area contributed by atoms with Crippen LogP contribution in [0.3, 0.4) is 0 Å². The summed E-state index contributed by atoms with van der Waals surface area (Å²) in [4.78, 5) is 11.1. The second-order valence-corrected chi connectivity index (χ2v) is 7.02. The Balaban J connectivity index is 2.46. The molecule has 0 radical (unpaired) electrons. The third-order valence-corrected chi connectivity index (χ3v) is 4.35. The second kappa shape index (κ2) is 8.19. The number of carbonyl (C=O) groups excluding carboxylic acids is 1. The standard InChI is InChI=1S/C14H20F2N2O3S/c1-10(2)5-7-17-14(19)6-8-18-22(20,21)11-3-4-12(15)13(16)9-11/h3-4,9-10,18H,5-8H2,1-2H3,(H,17,19). The van der Waals surface area contributed by atoms with Gasteiger partial charge in [0, 0.05) is 19.5 Å². The first-order chi connectivity index (χ1) is 10.2. The van der Waals surface area contributed by atoms with Crippen molar-refractivity contribution in [2.45, 2.75) is 31.6 Å². The molecule has 0 aliphatic rings. The lowest BCUT2D eigenvalue weighted by atomic mass is 10.1. The quantitative estimate of drug-likeness (QED) is 0.761. The van der Waals surface area contributed by atoms with Crippen molar-refractivity contribution in [3.8, 4) is 0 Å². The number of carbonyl (C=O) groups is 1. The number of hydrogen-bond donors (Lipinski definition) is 2. The summed E-state index contributed by atoms with van der Waals surface area (Å²) < 4.78 is 51.7. The van der Waals surface area contributed by atoms with Gasteiger partial charge in [-0.25, -0.2) is 21.9 Å². The van der Waals surface area contributed by atoms with E-state index in [2.05, 4.69) is 10.0 Å². The van der Waals surface area contributed by atoms with E-state index in [4.69, 9.17) is 0 Å². The zero-order valence-corrected chi connectivity index (χ0v) is 13.3. The maximum atomic E-state index is 13.0. The van der Waals surface area contributed by atoms with Crippen LogP contribution in [0, 0.1) is 17.6 Å². The number of sulfonamides is 1. The van der Waals surface area contributed by atoms with Gasteiger partial charge in [-0.15, -0.1) is 0 Å². The van der Waals surface area contributed by atoms with Crippen LogP contribution in [0.15, 0.2) is 23.1 Å². The highest BCUT2D eigenvalue weighted by molar-refractivity contribution is 7.89. The molecule has 0 aliphatic carbocycles. The second-order valence-electron chi connectivity index (χ2n) is 5.26. The van der Waals surface area contributed by atoms with E-state index in [1.165, 1.54) is 0 Å². The van der Waals surface area contributed by atoms with Crippen LogP contribution >= 0.6 is 0 Å². The monoisotopic (exact) mass is 334 g/mol. The fourth-order valence-electron chi connectivity index (χ4n) is 1.61. The van der Waals surface area contributed by atoms with E-state index in [1.54, 1.807) is 0 Å². The Morgan fingerprint density at radius 1 is 1.18 bits per heavy atom. The van der Waals surface area contributed by atoms with Crippen molar-refractivity contribution in [3.05, 3.63) is 29.8 Å². The zero-order chi connectivity index (χ0) is 16.8. The number of halogens is 2. The van der Waals surface area contributed by atoms with E-state index < -0.39 is 21.7 Å². The largest absolute Gasteiger partial charge is 0.356 e. The van der Waals surface area contributed by atoms with Gasteiger partial charge < -0.3 is 5.32 Å². The summed E-state index contributed by atoms with van der Waals surface area (Å²) >= 11 is 0. The van der Waals surface area contributed by atoms with Gasteiger partial charge in [0.05, 0.1) is 4.90 Å². The molecule has 8 heteroatoms. The van der Waals surface area contributed by atoms with Crippen molar-refractivity contribution in [2.75, 3.05) is 13.1 Å². The van der Waals surface area contributed by atoms with Gasteiger partial charge in [0.15, 0.2) is 11.6 Å². The van der Waals surface area contributed by atoms with Crippen LogP contribution in [0.2, 0.25) is 0 Å². The van der Waals surface area contributed by atoms with Gasteiger partial charge >= 0.3 is 0 Å². The van der Waals surface area contributed by atoms with Gasteiger partial charge in [-0.1, -0.05) is 13.8 Å². The summed E-state index contributed by atoms with van der Waals surface area (Å²) in [6.07, 6.45) is 0.813. The molecule has 22 heavy (non-hydrogen) atoms. The molecule has 2 N–H and O–H groups in total. The molecule has 0 atom stereocenters. The molecule has 0 aromatic heterocycles. The van der Waals surface area contributed by atoms with E-state index in [0.717, 1.165) is 18.6 Å². The van der Waals surface area contributed by atoms with Crippen LogP contribution in [0.25, 0.3) is 0 Å². The SMILES string of the molecule is CC(C)CCNC(=O)CCNS(=O)(=O)c1ccc(F)c(F)c1. The lowest BCUT2D eigenvalue weighted by Gasteiger charge is -2.09. The third kappa shape index (κ3) is 6.07. The molecule has 1 aromatic rings. The van der Waals surface area contributed by atoms with E-state index in [0.29, 0.717) is 18.5 Å². The summed E-state index contributed by atoms with van der Waals surface area (Å²) in [6, 6.07) is 2.30. The molecular weight excluding hydrogens is 314 g/mol. The highest BCUT2D eigenvalue weighted by Crippen LogP contribution is 2.13. The maximum Gasteiger partial charge on any atom is 0.240 e. The predicted molar refractivity (Wildman–Crippen MR) is 78.6 cm³/mol. The Bertz CT molecular complexity index is 619. The van der Waals surface area contributed by atoms with Gasteiger partial charge in [-0.05, 0) is 30.5 Å². The highest BCUT2D eigenvalue weighted by atomic mass is 32.2. The first-order valence-corrected chi connectivity index (χ1v) is 8.42. The predicted octanol–water partition coefficient (Wildman–Crippen LogP) is 1.80. The minimum absolute atomic E-state index is 0.0268. The lowest BCUT2D eigenvalue weighted by Crippen LogP contribution is -2.31. The summed E-state index contributed by atoms with van der Waals surface area (Å²) in [6.45, 7) is 4.48. The molecule has 0 fully saturated rings. The van der Waals surface area contributed by atoms with Crippen LogP contribution in [0.5, 0.6) is 0 Å². The van der Waals surface area contributed by atoms with E-state index in [9.17, 15) is 22.0 Å². The van der Waals surface area contributed by atoms with E-state index >= 15 is 0 Å². The average Bonchev–Trinajstić information content (AvgIpc) is 2.41. The van der Waals surface area contributed by atoms with Crippen LogP contribution in [-0.2, 0) is 14.8 Å². The van der Waals surface area contributed by atoms with Crippen LogP contribution < -0.4 is 10.0 Å². The number of hydrogen-bond acceptors (Lipinski definition) is 3. The number of nitrogens with one attached hydrogen (secondary N) is 2. The Labute approximate surface area is 129 Å². The number of amides is 1. The van der Waals surface area contributed by atoms with Gasteiger partial charge in [0.25, 0.3) is 0 Å². The van der Waals surface area contributed by atoms with Crippen molar-refractivity contribution >= 4 is 15.9 Å². The van der Waals surface area contributed by atoms with Crippen molar-refractivity contribution < 1.29 is 22.0 Å². The normalized spacial score (nSPS) is 11.7. The van der Waals surface area contributed by atoms with Crippen LogP contribution in [0.4, 0.5) is 8.78 Å². The third-order valence-electron chi connectivity index (χ3n) is 2.89. The maximum absolute atomic E-state index is 13.0. The van der Waals surface area contributed by atoms with Crippen molar-refractivity contribution in [2.24, 2.45) is 5.92 Å². The molecular formula is C14H20F2N2O3S. The molecule has 1 rings (SSSR count). The van der Waals surface area contributed by atoms with Gasteiger partial charge in [0.1, 0.15) is 0 Å². The molecule has 1 amide bonds. The summed E-state index contributed by atoms with van der Waals surface area (Å²) in [7, 11) is -3.97. The van der Waals surface area contributed by atoms with Crippen molar-refractivity contribution in [3.63, 3.8) is 0 Å². The zero-order valence-electron chi connectivity index (χ0n) is 12.5.